The highest BCUT2D eigenvalue weighted by Crippen LogP contribution is 2.16. The maximum atomic E-state index is 13.1. The zero-order valence-electron chi connectivity index (χ0n) is 17.5. The third-order valence-electron chi connectivity index (χ3n) is 4.80. The Labute approximate surface area is 185 Å². The van der Waals surface area contributed by atoms with Crippen LogP contribution < -0.4 is 15.5 Å². The van der Waals surface area contributed by atoms with Crippen LogP contribution in [-0.4, -0.2) is 75.9 Å². The number of benzene rings is 1. The molecule has 0 aliphatic carbocycles. The summed E-state index contributed by atoms with van der Waals surface area (Å²) in [6.07, 6.45) is 0. The lowest BCUT2D eigenvalue weighted by Gasteiger charge is -2.36. The molecule has 0 atom stereocenters. The summed E-state index contributed by atoms with van der Waals surface area (Å²) in [5.41, 5.74) is 0.829. The average Bonchev–Trinajstić information content (AvgIpc) is 2.67. The number of hydrogen-bond acceptors (Lipinski definition) is 4. The molecule has 2 rings (SSSR count). The summed E-state index contributed by atoms with van der Waals surface area (Å²) in [6, 6.07) is 6.76. The lowest BCUT2D eigenvalue weighted by molar-refractivity contribution is 0.0310. The molecule has 1 saturated heterocycles. The van der Waals surface area contributed by atoms with Gasteiger partial charge in [-0.15, -0.1) is 24.0 Å². The molecule has 8 heteroatoms. The number of piperazine rings is 1. The summed E-state index contributed by atoms with van der Waals surface area (Å²) < 4.78 is 18.5. The van der Waals surface area contributed by atoms with E-state index in [1.165, 1.54) is 12.1 Å². The van der Waals surface area contributed by atoms with Crippen molar-refractivity contribution in [3.63, 3.8) is 0 Å². The molecule has 0 unspecified atom stereocenters. The number of rotatable bonds is 8. The molecule has 160 valence electrons. The van der Waals surface area contributed by atoms with Crippen molar-refractivity contribution in [1.82, 2.24) is 15.5 Å². The number of anilines is 1. The van der Waals surface area contributed by atoms with Gasteiger partial charge in [-0.3, -0.25) is 9.89 Å². The maximum absolute atomic E-state index is 13.1. The zero-order valence-corrected chi connectivity index (χ0v) is 19.8. The van der Waals surface area contributed by atoms with Gasteiger partial charge in [0.15, 0.2) is 5.96 Å². The van der Waals surface area contributed by atoms with Crippen molar-refractivity contribution in [3.05, 3.63) is 30.1 Å². The minimum atomic E-state index is -0.265. The molecular formula is C20H35FIN5O. The van der Waals surface area contributed by atoms with Crippen molar-refractivity contribution in [3.8, 4) is 0 Å². The molecule has 1 aliphatic rings. The van der Waals surface area contributed by atoms with E-state index in [1.807, 2.05) is 26.0 Å². The molecule has 0 aromatic heterocycles. The van der Waals surface area contributed by atoms with Gasteiger partial charge in [0.1, 0.15) is 5.82 Å². The molecule has 0 spiro atoms. The SMILES string of the molecule is CCNC(=NCC(C)(C)OC)NCCN1CCN(c2ccc(F)cc2)CC1.I. The van der Waals surface area contributed by atoms with Crippen LogP contribution in [0.2, 0.25) is 0 Å². The molecule has 28 heavy (non-hydrogen) atoms. The minimum absolute atomic E-state index is 0. The van der Waals surface area contributed by atoms with Crippen molar-refractivity contribution >= 4 is 35.6 Å². The summed E-state index contributed by atoms with van der Waals surface area (Å²) in [7, 11) is 1.71. The second kappa shape index (κ2) is 12.4. The van der Waals surface area contributed by atoms with E-state index >= 15 is 0 Å². The summed E-state index contributed by atoms with van der Waals surface area (Å²) in [6.45, 7) is 13.3. The summed E-state index contributed by atoms with van der Waals surface area (Å²) in [4.78, 5) is 9.36. The number of halogens is 2. The molecule has 1 aromatic carbocycles. The van der Waals surface area contributed by atoms with Crippen LogP contribution in [0.1, 0.15) is 20.8 Å². The van der Waals surface area contributed by atoms with E-state index in [2.05, 4.69) is 32.3 Å². The van der Waals surface area contributed by atoms with E-state index in [4.69, 9.17) is 4.74 Å². The monoisotopic (exact) mass is 507 g/mol. The van der Waals surface area contributed by atoms with Crippen molar-refractivity contribution in [1.29, 1.82) is 0 Å². The number of guanidine groups is 1. The molecule has 0 saturated carbocycles. The van der Waals surface area contributed by atoms with Crippen molar-refractivity contribution in [2.75, 3.05) is 64.4 Å². The smallest absolute Gasteiger partial charge is 0.191 e. The van der Waals surface area contributed by atoms with E-state index in [-0.39, 0.29) is 35.4 Å². The number of nitrogens with zero attached hydrogens (tertiary/aromatic N) is 3. The average molecular weight is 507 g/mol. The normalized spacial score (nSPS) is 15.9. The quantitative estimate of drug-likeness (QED) is 0.322. The number of ether oxygens (including phenoxy) is 1. The Kier molecular flexibility index (Phi) is 11.1. The van der Waals surface area contributed by atoms with Crippen LogP contribution in [0.3, 0.4) is 0 Å². The Morgan fingerprint density at radius 1 is 1.14 bits per heavy atom. The Morgan fingerprint density at radius 2 is 1.79 bits per heavy atom. The lowest BCUT2D eigenvalue weighted by atomic mass is 10.1. The van der Waals surface area contributed by atoms with Gasteiger partial charge in [0.25, 0.3) is 0 Å². The predicted octanol–water partition coefficient (Wildman–Crippen LogP) is 2.55. The molecule has 0 amide bonds. The first kappa shape index (κ1) is 24.9. The highest BCUT2D eigenvalue weighted by molar-refractivity contribution is 14.0. The van der Waals surface area contributed by atoms with Gasteiger partial charge in [-0.2, -0.15) is 0 Å². The lowest BCUT2D eigenvalue weighted by Crippen LogP contribution is -2.49. The van der Waals surface area contributed by atoms with Gasteiger partial charge >= 0.3 is 0 Å². The fraction of sp³-hybridized carbons (Fsp3) is 0.650. The van der Waals surface area contributed by atoms with Crippen LogP contribution in [0.25, 0.3) is 0 Å². The molecule has 0 radical (unpaired) electrons. The summed E-state index contributed by atoms with van der Waals surface area (Å²) in [5.74, 6) is 0.642. The maximum Gasteiger partial charge on any atom is 0.191 e. The molecular weight excluding hydrogens is 472 g/mol. The van der Waals surface area contributed by atoms with E-state index in [9.17, 15) is 4.39 Å². The van der Waals surface area contributed by atoms with E-state index in [0.717, 1.165) is 57.5 Å². The van der Waals surface area contributed by atoms with Gasteiger partial charge < -0.3 is 20.3 Å². The van der Waals surface area contributed by atoms with Crippen LogP contribution in [0, 0.1) is 5.82 Å². The van der Waals surface area contributed by atoms with Crippen LogP contribution in [0.15, 0.2) is 29.3 Å². The van der Waals surface area contributed by atoms with Gasteiger partial charge in [0.2, 0.25) is 0 Å². The first-order chi connectivity index (χ1) is 12.9. The van der Waals surface area contributed by atoms with Crippen LogP contribution >= 0.6 is 24.0 Å². The zero-order chi connectivity index (χ0) is 19.7. The minimum Gasteiger partial charge on any atom is -0.377 e. The Bertz CT molecular complexity index is 589. The standard InChI is InChI=1S/C20H34FN5O.HI/c1-5-22-19(24-16-20(2,3)27-4)23-10-11-25-12-14-26(15-13-25)18-8-6-17(21)7-9-18;/h6-9H,5,10-16H2,1-4H3,(H2,22,23,24);1H. The largest absolute Gasteiger partial charge is 0.377 e. The third-order valence-corrected chi connectivity index (χ3v) is 4.80. The van der Waals surface area contributed by atoms with Gasteiger partial charge in [-0.25, -0.2) is 4.39 Å². The van der Waals surface area contributed by atoms with E-state index in [0.29, 0.717) is 6.54 Å². The molecule has 1 heterocycles. The number of methoxy groups -OCH3 is 1. The third kappa shape index (κ3) is 8.48. The first-order valence-corrected chi connectivity index (χ1v) is 9.74. The molecule has 1 aromatic rings. The fourth-order valence-corrected chi connectivity index (χ4v) is 2.89. The highest BCUT2D eigenvalue weighted by atomic mass is 127. The Balaban J connectivity index is 0.00000392. The topological polar surface area (TPSA) is 52.1 Å². The van der Waals surface area contributed by atoms with Crippen molar-refractivity contribution in [2.24, 2.45) is 4.99 Å². The molecule has 6 nitrogen and oxygen atoms in total. The van der Waals surface area contributed by atoms with E-state index in [1.54, 1.807) is 7.11 Å². The van der Waals surface area contributed by atoms with Gasteiger partial charge in [-0.05, 0) is 45.0 Å². The highest BCUT2D eigenvalue weighted by Gasteiger charge is 2.18. The van der Waals surface area contributed by atoms with Crippen LogP contribution in [0.5, 0.6) is 0 Å². The summed E-state index contributed by atoms with van der Waals surface area (Å²) >= 11 is 0. The summed E-state index contributed by atoms with van der Waals surface area (Å²) in [5, 5.41) is 6.68. The van der Waals surface area contributed by atoms with Gasteiger partial charge in [0, 0.05) is 58.6 Å². The first-order valence-electron chi connectivity index (χ1n) is 9.74. The second-order valence-electron chi connectivity index (χ2n) is 7.39. The van der Waals surface area contributed by atoms with Gasteiger partial charge in [-0.1, -0.05) is 0 Å². The number of nitrogens with one attached hydrogen (secondary N) is 2. The molecule has 1 aliphatic heterocycles. The number of hydrogen-bond donors (Lipinski definition) is 2. The number of aliphatic imine (C=N–C) groups is 1. The van der Waals surface area contributed by atoms with Crippen molar-refractivity contribution in [2.45, 2.75) is 26.4 Å². The molecule has 1 fully saturated rings. The Hall–Kier alpha value is -1.13. The van der Waals surface area contributed by atoms with Crippen molar-refractivity contribution < 1.29 is 9.13 Å². The molecule has 2 N–H and O–H groups in total. The van der Waals surface area contributed by atoms with E-state index < -0.39 is 0 Å². The molecule has 0 bridgehead atoms. The van der Waals surface area contributed by atoms with Gasteiger partial charge in [0.05, 0.1) is 12.1 Å². The second-order valence-corrected chi connectivity index (χ2v) is 7.39. The Morgan fingerprint density at radius 3 is 2.36 bits per heavy atom. The van der Waals surface area contributed by atoms with Crippen LogP contribution in [-0.2, 0) is 4.74 Å². The fourth-order valence-electron chi connectivity index (χ4n) is 2.89. The van der Waals surface area contributed by atoms with Crippen LogP contribution in [0.4, 0.5) is 10.1 Å². The predicted molar refractivity (Wildman–Crippen MR) is 126 cm³/mol.